The highest BCUT2D eigenvalue weighted by molar-refractivity contribution is 7.92. The zero-order valence-corrected chi connectivity index (χ0v) is 17.7. The zero-order valence-electron chi connectivity index (χ0n) is 16.8. The first kappa shape index (κ1) is 22.4. The first-order chi connectivity index (χ1) is 13.8. The maximum Gasteiger partial charge on any atom is 0.338 e. The van der Waals surface area contributed by atoms with Gasteiger partial charge in [0.2, 0.25) is 5.91 Å². The van der Waals surface area contributed by atoms with E-state index >= 15 is 0 Å². The van der Waals surface area contributed by atoms with Gasteiger partial charge in [0.25, 0.3) is 10.0 Å². The van der Waals surface area contributed by atoms with Gasteiger partial charge in [0.15, 0.2) is 0 Å². The SMILES string of the molecule is CCOC(=O)c1ccc(S(=O)(=O)Nc2ccc(CC(=O)N(CC)CC)cc2)cc1. The number of anilines is 1. The van der Waals surface area contributed by atoms with E-state index in [0.29, 0.717) is 18.8 Å². The largest absolute Gasteiger partial charge is 0.462 e. The number of benzene rings is 2. The summed E-state index contributed by atoms with van der Waals surface area (Å²) in [6.45, 7) is 7.11. The van der Waals surface area contributed by atoms with Crippen LogP contribution in [-0.2, 0) is 26.0 Å². The molecular weight excluding hydrogens is 392 g/mol. The maximum absolute atomic E-state index is 12.6. The molecule has 2 rings (SSSR count). The van der Waals surface area contributed by atoms with Gasteiger partial charge in [0.1, 0.15) is 0 Å². The average molecular weight is 419 g/mol. The van der Waals surface area contributed by atoms with Crippen LogP contribution in [0.15, 0.2) is 53.4 Å². The molecule has 0 aromatic heterocycles. The lowest BCUT2D eigenvalue weighted by molar-refractivity contribution is -0.130. The summed E-state index contributed by atoms with van der Waals surface area (Å²) < 4.78 is 32.5. The van der Waals surface area contributed by atoms with Gasteiger partial charge in [-0.15, -0.1) is 0 Å². The Hall–Kier alpha value is -2.87. The van der Waals surface area contributed by atoms with E-state index in [9.17, 15) is 18.0 Å². The third kappa shape index (κ3) is 6.05. The molecule has 8 heteroatoms. The third-order valence-electron chi connectivity index (χ3n) is 4.35. The fraction of sp³-hybridized carbons (Fsp3) is 0.333. The molecular formula is C21H26N2O5S. The summed E-state index contributed by atoms with van der Waals surface area (Å²) in [6.07, 6.45) is 0.268. The van der Waals surface area contributed by atoms with Crippen LogP contribution in [0.4, 0.5) is 5.69 Å². The molecule has 0 aliphatic rings. The van der Waals surface area contributed by atoms with E-state index in [0.717, 1.165) is 5.56 Å². The molecule has 0 aliphatic heterocycles. The van der Waals surface area contributed by atoms with E-state index in [-0.39, 0.29) is 29.4 Å². The second-order valence-electron chi connectivity index (χ2n) is 6.29. The molecule has 7 nitrogen and oxygen atoms in total. The Kier molecular flexibility index (Phi) is 7.78. The number of nitrogens with zero attached hydrogens (tertiary/aromatic N) is 1. The lowest BCUT2D eigenvalue weighted by atomic mass is 10.1. The summed E-state index contributed by atoms with van der Waals surface area (Å²) >= 11 is 0. The number of carbonyl (C=O) groups excluding carboxylic acids is 2. The molecule has 0 atom stereocenters. The molecule has 0 bridgehead atoms. The summed E-state index contributed by atoms with van der Waals surface area (Å²) in [7, 11) is -3.80. The first-order valence-electron chi connectivity index (χ1n) is 9.47. The van der Waals surface area contributed by atoms with Gasteiger partial charge >= 0.3 is 5.97 Å². The number of nitrogens with one attached hydrogen (secondary N) is 1. The third-order valence-corrected chi connectivity index (χ3v) is 5.75. The molecule has 0 saturated heterocycles. The molecule has 156 valence electrons. The van der Waals surface area contributed by atoms with Gasteiger partial charge in [-0.25, -0.2) is 13.2 Å². The fourth-order valence-electron chi connectivity index (χ4n) is 2.75. The predicted octanol–water partition coefficient (Wildman–Crippen LogP) is 3.08. The van der Waals surface area contributed by atoms with Crippen molar-refractivity contribution in [1.29, 1.82) is 0 Å². The monoisotopic (exact) mass is 418 g/mol. The van der Waals surface area contributed by atoms with E-state index < -0.39 is 16.0 Å². The van der Waals surface area contributed by atoms with E-state index in [1.165, 1.54) is 24.3 Å². The number of carbonyl (C=O) groups is 2. The molecule has 0 fully saturated rings. The molecule has 2 aromatic rings. The van der Waals surface area contributed by atoms with Crippen LogP contribution < -0.4 is 4.72 Å². The van der Waals surface area contributed by atoms with Crippen LogP contribution in [0.2, 0.25) is 0 Å². The molecule has 1 amide bonds. The Bertz CT molecular complexity index is 934. The summed E-state index contributed by atoms with van der Waals surface area (Å²) in [4.78, 5) is 25.6. The van der Waals surface area contributed by atoms with Crippen molar-refractivity contribution in [3.63, 3.8) is 0 Å². The van der Waals surface area contributed by atoms with Gasteiger partial charge in [0, 0.05) is 18.8 Å². The molecule has 1 N–H and O–H groups in total. The fourth-order valence-corrected chi connectivity index (χ4v) is 3.81. The van der Waals surface area contributed by atoms with Gasteiger partial charge in [-0.2, -0.15) is 0 Å². The Morgan fingerprint density at radius 3 is 2.03 bits per heavy atom. The number of sulfonamides is 1. The summed E-state index contributed by atoms with van der Waals surface area (Å²) in [5.41, 5.74) is 1.48. The molecule has 0 radical (unpaired) electrons. The Morgan fingerprint density at radius 2 is 1.52 bits per heavy atom. The molecule has 0 heterocycles. The number of ether oxygens (including phenoxy) is 1. The van der Waals surface area contributed by atoms with Crippen LogP contribution in [-0.4, -0.2) is 44.9 Å². The molecule has 0 saturated carbocycles. The van der Waals surface area contributed by atoms with Crippen LogP contribution in [0.1, 0.15) is 36.7 Å². The van der Waals surface area contributed by atoms with Crippen LogP contribution >= 0.6 is 0 Å². The zero-order chi connectivity index (χ0) is 21.4. The minimum absolute atomic E-state index is 0.0324. The number of likely N-dealkylation sites (N-methyl/N-ethyl adjacent to an activating group) is 1. The molecule has 0 spiro atoms. The minimum atomic E-state index is -3.80. The van der Waals surface area contributed by atoms with E-state index in [1.54, 1.807) is 36.1 Å². The van der Waals surface area contributed by atoms with E-state index in [4.69, 9.17) is 4.74 Å². The molecule has 0 aliphatic carbocycles. The van der Waals surface area contributed by atoms with Gasteiger partial charge in [-0.1, -0.05) is 12.1 Å². The lowest BCUT2D eigenvalue weighted by Gasteiger charge is -2.18. The van der Waals surface area contributed by atoms with Crippen LogP contribution in [0, 0.1) is 0 Å². The van der Waals surface area contributed by atoms with Crippen molar-refractivity contribution in [3.8, 4) is 0 Å². The Labute approximate surface area is 171 Å². The number of rotatable bonds is 9. The highest BCUT2D eigenvalue weighted by atomic mass is 32.2. The second kappa shape index (κ2) is 10.1. The van der Waals surface area contributed by atoms with Crippen molar-refractivity contribution in [2.45, 2.75) is 32.1 Å². The highest BCUT2D eigenvalue weighted by Gasteiger charge is 2.16. The van der Waals surface area contributed by atoms with Crippen LogP contribution in [0.25, 0.3) is 0 Å². The van der Waals surface area contributed by atoms with Crippen molar-refractivity contribution in [2.75, 3.05) is 24.4 Å². The second-order valence-corrected chi connectivity index (χ2v) is 7.97. The van der Waals surface area contributed by atoms with E-state index in [1.807, 2.05) is 13.8 Å². The van der Waals surface area contributed by atoms with Gasteiger partial charge in [-0.05, 0) is 62.7 Å². The lowest BCUT2D eigenvalue weighted by Crippen LogP contribution is -2.31. The summed E-state index contributed by atoms with van der Waals surface area (Å²) in [6, 6.07) is 12.2. The number of esters is 1. The molecule has 2 aromatic carbocycles. The number of hydrogen-bond donors (Lipinski definition) is 1. The number of amides is 1. The Morgan fingerprint density at radius 1 is 0.931 bits per heavy atom. The van der Waals surface area contributed by atoms with Crippen molar-refractivity contribution in [1.82, 2.24) is 4.90 Å². The summed E-state index contributed by atoms with van der Waals surface area (Å²) in [5.74, 6) is -0.468. The standard InChI is InChI=1S/C21H26N2O5S/c1-4-23(5-2)20(24)15-16-7-11-18(12-8-16)22-29(26,27)19-13-9-17(10-14-19)21(25)28-6-3/h7-14,22H,4-6,15H2,1-3H3. The van der Waals surface area contributed by atoms with Gasteiger partial charge in [-0.3, -0.25) is 9.52 Å². The quantitative estimate of drug-likeness (QED) is 0.632. The average Bonchev–Trinajstić information content (AvgIpc) is 2.70. The van der Waals surface area contributed by atoms with Crippen molar-refractivity contribution in [3.05, 3.63) is 59.7 Å². The normalized spacial score (nSPS) is 11.0. The van der Waals surface area contributed by atoms with Gasteiger partial charge < -0.3 is 9.64 Å². The van der Waals surface area contributed by atoms with Crippen LogP contribution in [0.3, 0.4) is 0 Å². The first-order valence-corrected chi connectivity index (χ1v) is 11.0. The van der Waals surface area contributed by atoms with Gasteiger partial charge in [0.05, 0.1) is 23.5 Å². The maximum atomic E-state index is 12.6. The topological polar surface area (TPSA) is 92.8 Å². The highest BCUT2D eigenvalue weighted by Crippen LogP contribution is 2.18. The minimum Gasteiger partial charge on any atom is -0.462 e. The van der Waals surface area contributed by atoms with Crippen molar-refractivity contribution < 1.29 is 22.7 Å². The smallest absolute Gasteiger partial charge is 0.338 e. The van der Waals surface area contributed by atoms with Crippen molar-refractivity contribution in [2.24, 2.45) is 0 Å². The van der Waals surface area contributed by atoms with Crippen molar-refractivity contribution >= 4 is 27.6 Å². The predicted molar refractivity (Wildman–Crippen MR) is 111 cm³/mol. The molecule has 0 unspecified atom stereocenters. The summed E-state index contributed by atoms with van der Waals surface area (Å²) in [5, 5.41) is 0. The number of hydrogen-bond acceptors (Lipinski definition) is 5. The van der Waals surface area contributed by atoms with Crippen LogP contribution in [0.5, 0.6) is 0 Å². The Balaban J connectivity index is 2.06. The van der Waals surface area contributed by atoms with E-state index in [2.05, 4.69) is 4.72 Å². The molecule has 29 heavy (non-hydrogen) atoms.